The van der Waals surface area contributed by atoms with Gasteiger partial charge in [0.1, 0.15) is 10.8 Å². The topological polar surface area (TPSA) is 107 Å². The number of nitrogens with zero attached hydrogens (tertiary/aromatic N) is 6. The Bertz CT molecular complexity index is 1640. The van der Waals surface area contributed by atoms with Crippen molar-refractivity contribution in [2.24, 2.45) is 0 Å². The average molecular weight is 583 g/mol. The van der Waals surface area contributed by atoms with Crippen molar-refractivity contribution < 1.29 is 9.59 Å². The lowest BCUT2D eigenvalue weighted by Crippen LogP contribution is -2.44. The van der Waals surface area contributed by atoms with Gasteiger partial charge in [0.2, 0.25) is 5.95 Å². The molecule has 1 saturated heterocycles. The van der Waals surface area contributed by atoms with Crippen molar-refractivity contribution in [2.75, 3.05) is 60.2 Å². The summed E-state index contributed by atoms with van der Waals surface area (Å²) in [6.45, 7) is 6.53. The fourth-order valence-electron chi connectivity index (χ4n) is 5.20. The SMILES string of the molecule is Cc1ccc(NC(=O)c2cccc(Cl)n2)cc1N1CCc2nc(Nc3ccc(N4CCN(C)CC4)cc3)ncc2C1=O. The molecule has 0 atom stereocenters. The minimum atomic E-state index is -0.384. The molecule has 42 heavy (non-hydrogen) atoms. The third-order valence-corrected chi connectivity index (χ3v) is 7.82. The van der Waals surface area contributed by atoms with Crippen LogP contribution in [0.3, 0.4) is 0 Å². The number of anilines is 5. The fourth-order valence-corrected chi connectivity index (χ4v) is 5.36. The molecule has 0 saturated carbocycles. The first-order valence-corrected chi connectivity index (χ1v) is 14.2. The molecule has 214 valence electrons. The molecule has 2 aliphatic rings. The third-order valence-electron chi connectivity index (χ3n) is 7.61. The highest BCUT2D eigenvalue weighted by Crippen LogP contribution is 2.30. The first-order valence-electron chi connectivity index (χ1n) is 13.9. The Balaban J connectivity index is 1.14. The predicted octanol–water partition coefficient (Wildman–Crippen LogP) is 4.78. The van der Waals surface area contributed by atoms with Crippen molar-refractivity contribution in [2.45, 2.75) is 13.3 Å². The summed E-state index contributed by atoms with van der Waals surface area (Å²) in [5, 5.41) is 6.36. The van der Waals surface area contributed by atoms with Crippen LogP contribution in [0.2, 0.25) is 5.15 Å². The summed E-state index contributed by atoms with van der Waals surface area (Å²) < 4.78 is 0. The lowest BCUT2D eigenvalue weighted by atomic mass is 10.0. The Morgan fingerprint density at radius 2 is 1.69 bits per heavy atom. The van der Waals surface area contributed by atoms with Crippen LogP contribution in [-0.4, -0.2) is 71.4 Å². The minimum absolute atomic E-state index is 0.178. The van der Waals surface area contributed by atoms with Gasteiger partial charge >= 0.3 is 0 Å². The van der Waals surface area contributed by atoms with Crippen LogP contribution < -0.4 is 20.4 Å². The van der Waals surface area contributed by atoms with E-state index in [0.717, 1.165) is 37.4 Å². The minimum Gasteiger partial charge on any atom is -0.369 e. The number of benzene rings is 2. The Morgan fingerprint density at radius 3 is 2.45 bits per heavy atom. The first kappa shape index (κ1) is 27.6. The summed E-state index contributed by atoms with van der Waals surface area (Å²) in [7, 11) is 2.15. The van der Waals surface area contributed by atoms with Gasteiger partial charge in [-0.05, 0) is 68.1 Å². The van der Waals surface area contributed by atoms with Crippen LogP contribution in [0.15, 0.2) is 66.9 Å². The van der Waals surface area contributed by atoms with Crippen LogP contribution in [0.4, 0.5) is 28.7 Å². The van der Waals surface area contributed by atoms with Gasteiger partial charge in [-0.1, -0.05) is 23.7 Å². The maximum Gasteiger partial charge on any atom is 0.274 e. The molecule has 2 aliphatic heterocycles. The normalized spacial score (nSPS) is 15.4. The van der Waals surface area contributed by atoms with Crippen LogP contribution in [0.25, 0.3) is 0 Å². The van der Waals surface area contributed by atoms with Crippen molar-refractivity contribution in [1.82, 2.24) is 19.9 Å². The zero-order valence-corrected chi connectivity index (χ0v) is 24.2. The van der Waals surface area contributed by atoms with E-state index >= 15 is 0 Å². The molecule has 10 nitrogen and oxygen atoms in total. The van der Waals surface area contributed by atoms with Gasteiger partial charge in [-0.2, -0.15) is 0 Å². The predicted molar refractivity (Wildman–Crippen MR) is 165 cm³/mol. The summed E-state index contributed by atoms with van der Waals surface area (Å²) >= 11 is 5.93. The molecule has 1 fully saturated rings. The number of hydrogen-bond acceptors (Lipinski definition) is 8. The van der Waals surface area contributed by atoms with Gasteiger partial charge in [-0.25, -0.2) is 15.0 Å². The van der Waals surface area contributed by atoms with Crippen molar-refractivity contribution in [3.8, 4) is 0 Å². The van der Waals surface area contributed by atoms with Crippen molar-refractivity contribution in [3.05, 3.63) is 94.5 Å². The second kappa shape index (κ2) is 11.8. The number of hydrogen-bond donors (Lipinski definition) is 2. The fraction of sp³-hybridized carbons (Fsp3) is 0.258. The first-order chi connectivity index (χ1) is 20.3. The summed E-state index contributed by atoms with van der Waals surface area (Å²) in [5.41, 5.74) is 5.64. The molecule has 6 rings (SSSR count). The van der Waals surface area contributed by atoms with E-state index in [0.29, 0.717) is 41.5 Å². The van der Waals surface area contributed by atoms with Gasteiger partial charge in [-0.15, -0.1) is 0 Å². The Kier molecular flexibility index (Phi) is 7.73. The number of likely N-dealkylation sites (N-methyl/N-ethyl adjacent to an activating group) is 1. The summed E-state index contributed by atoms with van der Waals surface area (Å²) in [5.74, 6) is -0.106. The number of pyridine rings is 1. The van der Waals surface area contributed by atoms with Crippen LogP contribution >= 0.6 is 11.6 Å². The number of carbonyl (C=O) groups excluding carboxylic acids is 2. The molecular formula is C31H31ClN8O2. The van der Waals surface area contributed by atoms with E-state index in [1.807, 2.05) is 25.1 Å². The van der Waals surface area contributed by atoms with Gasteiger partial charge in [0.05, 0.1) is 11.3 Å². The van der Waals surface area contributed by atoms with E-state index in [9.17, 15) is 9.59 Å². The molecular weight excluding hydrogens is 552 g/mol. The molecule has 0 unspecified atom stereocenters. The van der Waals surface area contributed by atoms with Crippen molar-refractivity contribution >= 4 is 52.1 Å². The van der Waals surface area contributed by atoms with E-state index in [1.165, 1.54) is 5.69 Å². The number of aromatic nitrogens is 3. The smallest absolute Gasteiger partial charge is 0.274 e. The summed E-state index contributed by atoms with van der Waals surface area (Å²) in [6, 6.07) is 18.6. The number of carbonyl (C=O) groups is 2. The monoisotopic (exact) mass is 582 g/mol. The molecule has 4 heterocycles. The van der Waals surface area contributed by atoms with Gasteiger partial charge in [0.15, 0.2) is 0 Å². The molecule has 0 aliphatic carbocycles. The van der Waals surface area contributed by atoms with E-state index in [1.54, 1.807) is 41.4 Å². The standard InChI is InChI=1S/C31H31ClN8O2/c1-20-6-7-22(34-29(41)26-4-3-5-28(32)36-26)18-27(20)40-13-12-25-24(30(40)42)19-33-31(37-25)35-21-8-10-23(11-9-21)39-16-14-38(2)15-17-39/h3-11,18-19H,12-17H2,1-2H3,(H,34,41)(H,33,35,37). The van der Waals surface area contributed by atoms with E-state index in [2.05, 4.69) is 54.6 Å². The molecule has 4 aromatic rings. The second-order valence-electron chi connectivity index (χ2n) is 10.5. The number of aryl methyl sites for hydroxylation is 1. The maximum absolute atomic E-state index is 13.5. The number of fused-ring (bicyclic) bond motifs is 1. The number of amides is 2. The molecule has 2 N–H and O–H groups in total. The highest BCUT2D eigenvalue weighted by molar-refractivity contribution is 6.29. The lowest BCUT2D eigenvalue weighted by molar-refractivity contribution is 0.0978. The maximum atomic E-state index is 13.5. The Hall–Kier alpha value is -4.54. The van der Waals surface area contributed by atoms with Crippen molar-refractivity contribution in [1.29, 1.82) is 0 Å². The molecule has 0 bridgehead atoms. The highest BCUT2D eigenvalue weighted by Gasteiger charge is 2.28. The van der Waals surface area contributed by atoms with E-state index in [4.69, 9.17) is 11.6 Å². The van der Waals surface area contributed by atoms with E-state index in [-0.39, 0.29) is 22.7 Å². The van der Waals surface area contributed by atoms with Crippen LogP contribution in [-0.2, 0) is 6.42 Å². The van der Waals surface area contributed by atoms with E-state index < -0.39 is 0 Å². The Morgan fingerprint density at radius 1 is 0.929 bits per heavy atom. The molecule has 0 spiro atoms. The highest BCUT2D eigenvalue weighted by atomic mass is 35.5. The van der Waals surface area contributed by atoms with Crippen LogP contribution in [0.5, 0.6) is 0 Å². The van der Waals surface area contributed by atoms with Gasteiger partial charge in [0.25, 0.3) is 11.8 Å². The van der Waals surface area contributed by atoms with Gasteiger partial charge < -0.3 is 25.3 Å². The quantitative estimate of drug-likeness (QED) is 0.313. The Labute approximate surface area is 249 Å². The lowest BCUT2D eigenvalue weighted by Gasteiger charge is -2.34. The van der Waals surface area contributed by atoms with Gasteiger partial charge in [0, 0.05) is 68.1 Å². The number of nitrogens with one attached hydrogen (secondary N) is 2. The van der Waals surface area contributed by atoms with Gasteiger partial charge in [-0.3, -0.25) is 9.59 Å². The van der Waals surface area contributed by atoms with Crippen LogP contribution in [0.1, 0.15) is 32.1 Å². The summed E-state index contributed by atoms with van der Waals surface area (Å²) in [4.78, 5) is 45.8. The zero-order chi connectivity index (χ0) is 29.2. The summed E-state index contributed by atoms with van der Waals surface area (Å²) in [6.07, 6.45) is 2.16. The number of rotatable bonds is 6. The average Bonchev–Trinajstić information content (AvgIpc) is 2.99. The second-order valence-corrected chi connectivity index (χ2v) is 10.9. The molecule has 2 aromatic carbocycles. The molecule has 0 radical (unpaired) electrons. The third kappa shape index (κ3) is 5.90. The zero-order valence-electron chi connectivity index (χ0n) is 23.5. The van der Waals surface area contributed by atoms with Crippen molar-refractivity contribution in [3.63, 3.8) is 0 Å². The molecule has 2 aromatic heterocycles. The number of piperazine rings is 1. The molecule has 2 amide bonds. The largest absolute Gasteiger partial charge is 0.369 e. The molecule has 11 heteroatoms. The van der Waals surface area contributed by atoms with Crippen LogP contribution in [0, 0.1) is 6.92 Å². The number of halogens is 1.